The van der Waals surface area contributed by atoms with Gasteiger partial charge in [0.1, 0.15) is 16.3 Å². The highest BCUT2D eigenvalue weighted by atomic mass is 35.5. The number of amides is 1. The lowest BCUT2D eigenvalue weighted by molar-refractivity contribution is -0.116. The monoisotopic (exact) mass is 471 g/mol. The number of anilines is 1. The SMILES string of the molecule is CCOC(=O)c1c(-c2ccc(Cl)cc2)csc1NC(=O)CCCOc1ccc(CC)cc1. The van der Waals surface area contributed by atoms with Crippen LogP contribution in [-0.4, -0.2) is 25.1 Å². The Hall–Kier alpha value is -2.83. The minimum absolute atomic E-state index is 0.176. The first-order chi connectivity index (χ1) is 15.5. The topological polar surface area (TPSA) is 64.6 Å². The second-order valence-corrected chi connectivity index (χ2v) is 8.39. The number of halogens is 1. The third-order valence-electron chi connectivity index (χ3n) is 4.83. The molecule has 3 rings (SSSR count). The number of ether oxygens (including phenoxy) is 2. The molecule has 0 aliphatic rings. The van der Waals surface area contributed by atoms with Gasteiger partial charge in [-0.25, -0.2) is 4.79 Å². The van der Waals surface area contributed by atoms with Gasteiger partial charge in [-0.2, -0.15) is 0 Å². The van der Waals surface area contributed by atoms with Crippen LogP contribution in [0.1, 0.15) is 42.6 Å². The summed E-state index contributed by atoms with van der Waals surface area (Å²) in [4.78, 5) is 25.1. The van der Waals surface area contributed by atoms with E-state index in [1.54, 1.807) is 19.1 Å². The molecule has 1 heterocycles. The van der Waals surface area contributed by atoms with Crippen molar-refractivity contribution < 1.29 is 19.1 Å². The summed E-state index contributed by atoms with van der Waals surface area (Å²) in [5.41, 5.74) is 3.15. The van der Waals surface area contributed by atoms with E-state index < -0.39 is 5.97 Å². The summed E-state index contributed by atoms with van der Waals surface area (Å²) in [5, 5.41) is 5.79. The normalized spacial score (nSPS) is 10.6. The predicted molar refractivity (Wildman–Crippen MR) is 130 cm³/mol. The number of carbonyl (C=O) groups excluding carboxylic acids is 2. The molecular formula is C25H26ClNO4S. The van der Waals surface area contributed by atoms with Crippen molar-refractivity contribution in [1.82, 2.24) is 0 Å². The van der Waals surface area contributed by atoms with Crippen molar-refractivity contribution in [3.05, 3.63) is 70.1 Å². The van der Waals surface area contributed by atoms with Crippen LogP contribution in [0.3, 0.4) is 0 Å². The Morgan fingerprint density at radius 3 is 2.41 bits per heavy atom. The average Bonchev–Trinajstić information content (AvgIpc) is 3.21. The molecule has 0 fully saturated rings. The third-order valence-corrected chi connectivity index (χ3v) is 5.97. The zero-order valence-electron chi connectivity index (χ0n) is 18.2. The number of aryl methyl sites for hydroxylation is 1. The zero-order valence-corrected chi connectivity index (χ0v) is 19.7. The van der Waals surface area contributed by atoms with Crippen LogP contribution < -0.4 is 10.1 Å². The average molecular weight is 472 g/mol. The quantitative estimate of drug-likeness (QED) is 0.267. The van der Waals surface area contributed by atoms with Crippen LogP contribution in [0.4, 0.5) is 5.00 Å². The maximum Gasteiger partial charge on any atom is 0.341 e. The molecule has 0 unspecified atom stereocenters. The van der Waals surface area contributed by atoms with Crippen molar-refractivity contribution in [1.29, 1.82) is 0 Å². The lowest BCUT2D eigenvalue weighted by Gasteiger charge is -2.09. The van der Waals surface area contributed by atoms with Crippen molar-refractivity contribution in [2.24, 2.45) is 0 Å². The van der Waals surface area contributed by atoms with Crippen molar-refractivity contribution >= 4 is 39.8 Å². The van der Waals surface area contributed by atoms with Crippen LogP contribution in [0.25, 0.3) is 11.1 Å². The van der Waals surface area contributed by atoms with Crippen LogP contribution in [0.2, 0.25) is 5.02 Å². The molecule has 0 aliphatic heterocycles. The Morgan fingerprint density at radius 2 is 1.75 bits per heavy atom. The van der Waals surface area contributed by atoms with E-state index in [9.17, 15) is 9.59 Å². The summed E-state index contributed by atoms with van der Waals surface area (Å²) >= 11 is 7.28. The van der Waals surface area contributed by atoms with E-state index in [1.807, 2.05) is 41.8 Å². The summed E-state index contributed by atoms with van der Waals surface area (Å²) in [7, 11) is 0. The Bertz CT molecular complexity index is 1040. The highest BCUT2D eigenvalue weighted by molar-refractivity contribution is 7.15. The molecule has 0 radical (unpaired) electrons. The van der Waals surface area contributed by atoms with Gasteiger partial charge >= 0.3 is 5.97 Å². The van der Waals surface area contributed by atoms with Crippen LogP contribution >= 0.6 is 22.9 Å². The fourth-order valence-corrected chi connectivity index (χ4v) is 4.23. The Kier molecular flexibility index (Phi) is 8.71. The molecule has 2 aromatic carbocycles. The van der Waals surface area contributed by atoms with E-state index in [2.05, 4.69) is 12.2 Å². The largest absolute Gasteiger partial charge is 0.494 e. The molecular weight excluding hydrogens is 446 g/mol. The van der Waals surface area contributed by atoms with Gasteiger partial charge in [0.15, 0.2) is 0 Å². The van der Waals surface area contributed by atoms with Gasteiger partial charge in [-0.05, 0) is 55.2 Å². The highest BCUT2D eigenvalue weighted by Gasteiger charge is 2.22. The molecule has 5 nitrogen and oxygen atoms in total. The minimum Gasteiger partial charge on any atom is -0.494 e. The number of hydrogen-bond donors (Lipinski definition) is 1. The number of nitrogens with one attached hydrogen (secondary N) is 1. The first-order valence-corrected chi connectivity index (χ1v) is 11.8. The van der Waals surface area contributed by atoms with Gasteiger partial charge in [-0.15, -0.1) is 11.3 Å². The van der Waals surface area contributed by atoms with Crippen LogP contribution in [0, 0.1) is 0 Å². The molecule has 0 atom stereocenters. The summed E-state index contributed by atoms with van der Waals surface area (Å²) in [6.45, 7) is 4.54. The molecule has 0 aliphatic carbocycles. The number of thiophene rings is 1. The van der Waals surface area contributed by atoms with Crippen molar-refractivity contribution in [3.63, 3.8) is 0 Å². The Labute approximate surface area is 197 Å². The summed E-state index contributed by atoms with van der Waals surface area (Å²) < 4.78 is 10.9. The molecule has 0 bridgehead atoms. The van der Waals surface area contributed by atoms with Gasteiger partial charge in [-0.3, -0.25) is 4.79 Å². The summed E-state index contributed by atoms with van der Waals surface area (Å²) in [6, 6.07) is 15.1. The maximum atomic E-state index is 12.6. The molecule has 1 N–H and O–H groups in total. The van der Waals surface area contributed by atoms with Crippen LogP contribution in [0.15, 0.2) is 53.9 Å². The Morgan fingerprint density at radius 1 is 1.03 bits per heavy atom. The molecule has 7 heteroatoms. The fraction of sp³-hybridized carbons (Fsp3) is 0.280. The molecule has 32 heavy (non-hydrogen) atoms. The number of carbonyl (C=O) groups is 2. The lowest BCUT2D eigenvalue weighted by atomic mass is 10.0. The number of hydrogen-bond acceptors (Lipinski definition) is 5. The van der Waals surface area contributed by atoms with Gasteiger partial charge in [0.2, 0.25) is 5.91 Å². The maximum absolute atomic E-state index is 12.6. The van der Waals surface area contributed by atoms with Crippen LogP contribution in [-0.2, 0) is 16.0 Å². The van der Waals surface area contributed by atoms with E-state index in [0.717, 1.165) is 17.7 Å². The standard InChI is InChI=1S/C25H26ClNO4S/c1-3-17-7-13-20(14-8-17)31-15-5-6-22(28)27-24-23(25(29)30-4-2)21(16-32-24)18-9-11-19(26)12-10-18/h7-14,16H,3-6,15H2,1-2H3,(H,27,28). The predicted octanol–water partition coefficient (Wildman–Crippen LogP) is 6.61. The molecule has 0 spiro atoms. The van der Waals surface area contributed by atoms with Crippen LogP contribution in [0.5, 0.6) is 5.75 Å². The molecule has 1 aromatic heterocycles. The summed E-state index contributed by atoms with van der Waals surface area (Å²) in [6.07, 6.45) is 1.83. The van der Waals surface area contributed by atoms with Gasteiger partial charge in [-0.1, -0.05) is 42.8 Å². The van der Waals surface area contributed by atoms with Crippen molar-refractivity contribution in [2.45, 2.75) is 33.1 Å². The van der Waals surface area contributed by atoms with E-state index in [1.165, 1.54) is 16.9 Å². The second kappa shape index (κ2) is 11.7. The first-order valence-electron chi connectivity index (χ1n) is 10.6. The lowest BCUT2D eigenvalue weighted by Crippen LogP contribution is -2.15. The molecule has 0 saturated carbocycles. The number of rotatable bonds is 10. The number of esters is 1. The third kappa shape index (κ3) is 6.34. The van der Waals surface area contributed by atoms with E-state index >= 15 is 0 Å². The molecule has 3 aromatic rings. The van der Waals surface area contributed by atoms with Crippen molar-refractivity contribution in [2.75, 3.05) is 18.5 Å². The van der Waals surface area contributed by atoms with Gasteiger partial charge in [0, 0.05) is 22.4 Å². The van der Waals surface area contributed by atoms with E-state index in [-0.39, 0.29) is 18.9 Å². The van der Waals surface area contributed by atoms with Gasteiger partial charge < -0.3 is 14.8 Å². The van der Waals surface area contributed by atoms with E-state index in [4.69, 9.17) is 21.1 Å². The minimum atomic E-state index is -0.465. The highest BCUT2D eigenvalue weighted by Crippen LogP contribution is 2.36. The second-order valence-electron chi connectivity index (χ2n) is 7.08. The van der Waals surface area contributed by atoms with Gasteiger partial charge in [0.25, 0.3) is 0 Å². The molecule has 0 saturated heterocycles. The Balaban J connectivity index is 1.61. The molecule has 1 amide bonds. The van der Waals surface area contributed by atoms with Crippen molar-refractivity contribution in [3.8, 4) is 16.9 Å². The summed E-state index contributed by atoms with van der Waals surface area (Å²) in [5.74, 6) is 0.149. The fourth-order valence-electron chi connectivity index (χ4n) is 3.13. The van der Waals surface area contributed by atoms with Gasteiger partial charge in [0.05, 0.1) is 13.2 Å². The molecule has 168 valence electrons. The number of benzene rings is 2. The van der Waals surface area contributed by atoms with E-state index in [0.29, 0.717) is 34.2 Å². The smallest absolute Gasteiger partial charge is 0.341 e. The zero-order chi connectivity index (χ0) is 22.9. The first kappa shape index (κ1) is 23.8.